The van der Waals surface area contributed by atoms with E-state index in [0.717, 1.165) is 0 Å². The summed E-state index contributed by atoms with van der Waals surface area (Å²) in [6.45, 7) is 2.14. The maximum absolute atomic E-state index is 10.9. The van der Waals surface area contributed by atoms with E-state index in [4.69, 9.17) is 0 Å². The van der Waals surface area contributed by atoms with Gasteiger partial charge in [-0.05, 0) is 6.92 Å². The van der Waals surface area contributed by atoms with Crippen LogP contribution in [0.5, 0.6) is 0 Å². The monoisotopic (exact) mass is 167 g/mol. The van der Waals surface area contributed by atoms with Crippen molar-refractivity contribution >= 4 is 11.8 Å². The van der Waals surface area contributed by atoms with Gasteiger partial charge in [0.2, 0.25) is 0 Å². The smallest absolute Gasteiger partial charge is 0.411 e. The molecule has 0 aromatic carbocycles. The van der Waals surface area contributed by atoms with Crippen LogP contribution in [0.4, 0.5) is 10.5 Å². The number of hydrogen-bond donors (Lipinski definition) is 1. The molecule has 0 atom stereocenters. The van der Waals surface area contributed by atoms with Gasteiger partial charge in [-0.25, -0.2) is 9.78 Å². The van der Waals surface area contributed by atoms with E-state index in [1.807, 2.05) is 0 Å². The SMILES string of the molecule is CCOC(=O)Nc1cc[nH+]cc1. The van der Waals surface area contributed by atoms with Gasteiger partial charge in [0.05, 0.1) is 12.3 Å². The lowest BCUT2D eigenvalue weighted by Crippen LogP contribution is -2.13. The number of nitrogens with one attached hydrogen (secondary N) is 2. The van der Waals surface area contributed by atoms with Crippen molar-refractivity contribution in [2.75, 3.05) is 11.9 Å². The predicted octanol–water partition coefficient (Wildman–Crippen LogP) is 1.07. The fourth-order valence-corrected chi connectivity index (χ4v) is 0.755. The number of hydrogen-bond acceptors (Lipinski definition) is 2. The summed E-state index contributed by atoms with van der Waals surface area (Å²) < 4.78 is 4.69. The summed E-state index contributed by atoms with van der Waals surface area (Å²) in [5.74, 6) is 0. The van der Waals surface area contributed by atoms with Crippen LogP contribution in [-0.2, 0) is 4.74 Å². The molecule has 4 nitrogen and oxygen atoms in total. The molecule has 0 bridgehead atoms. The first-order chi connectivity index (χ1) is 5.83. The van der Waals surface area contributed by atoms with E-state index in [2.05, 4.69) is 15.0 Å². The first-order valence-electron chi connectivity index (χ1n) is 3.73. The van der Waals surface area contributed by atoms with Gasteiger partial charge in [-0.15, -0.1) is 0 Å². The van der Waals surface area contributed by atoms with E-state index in [1.54, 1.807) is 31.5 Å². The van der Waals surface area contributed by atoms with Crippen LogP contribution in [0.25, 0.3) is 0 Å². The van der Waals surface area contributed by atoms with Crippen LogP contribution in [-0.4, -0.2) is 12.7 Å². The molecule has 0 saturated heterocycles. The highest BCUT2D eigenvalue weighted by Crippen LogP contribution is 2.01. The first kappa shape index (κ1) is 8.52. The quantitative estimate of drug-likeness (QED) is 0.716. The lowest BCUT2D eigenvalue weighted by atomic mass is 10.4. The second-order valence-electron chi connectivity index (χ2n) is 2.13. The van der Waals surface area contributed by atoms with E-state index in [1.165, 1.54) is 0 Å². The molecule has 0 spiro atoms. The third kappa shape index (κ3) is 2.57. The van der Waals surface area contributed by atoms with Crippen LogP contribution in [0.3, 0.4) is 0 Å². The third-order valence-corrected chi connectivity index (χ3v) is 1.24. The highest BCUT2D eigenvalue weighted by atomic mass is 16.5. The summed E-state index contributed by atoms with van der Waals surface area (Å²) in [6, 6.07) is 3.49. The summed E-state index contributed by atoms with van der Waals surface area (Å²) in [7, 11) is 0. The van der Waals surface area contributed by atoms with Crippen LogP contribution in [0.15, 0.2) is 24.5 Å². The fraction of sp³-hybridized carbons (Fsp3) is 0.250. The number of H-pyrrole nitrogens is 1. The number of aromatic amines is 1. The molecule has 0 fully saturated rings. The van der Waals surface area contributed by atoms with Crippen molar-refractivity contribution in [3.63, 3.8) is 0 Å². The topological polar surface area (TPSA) is 52.5 Å². The van der Waals surface area contributed by atoms with Crippen LogP contribution < -0.4 is 10.3 Å². The highest BCUT2D eigenvalue weighted by Gasteiger charge is 2.00. The maximum Gasteiger partial charge on any atom is 0.411 e. The Morgan fingerprint density at radius 1 is 1.58 bits per heavy atom. The molecule has 1 rings (SSSR count). The average molecular weight is 167 g/mol. The van der Waals surface area contributed by atoms with E-state index in [9.17, 15) is 4.79 Å². The Morgan fingerprint density at radius 3 is 2.83 bits per heavy atom. The number of carbonyl (C=O) groups excluding carboxylic acids is 1. The van der Waals surface area contributed by atoms with Crippen molar-refractivity contribution in [3.05, 3.63) is 24.5 Å². The molecule has 0 aliphatic carbocycles. The Bertz CT molecular complexity index is 248. The molecule has 1 heterocycles. The van der Waals surface area contributed by atoms with Crippen molar-refractivity contribution in [2.45, 2.75) is 6.92 Å². The molecular formula is C8H11N2O2+. The number of ether oxygens (including phenoxy) is 1. The van der Waals surface area contributed by atoms with E-state index < -0.39 is 6.09 Å². The van der Waals surface area contributed by atoms with Gasteiger partial charge in [-0.1, -0.05) is 0 Å². The lowest BCUT2D eigenvalue weighted by molar-refractivity contribution is -0.377. The molecule has 0 radical (unpaired) electrons. The minimum absolute atomic E-state index is 0.380. The van der Waals surface area contributed by atoms with Crippen LogP contribution >= 0.6 is 0 Å². The van der Waals surface area contributed by atoms with E-state index in [-0.39, 0.29) is 0 Å². The summed E-state index contributed by atoms with van der Waals surface area (Å²) in [6.07, 6.45) is 3.02. The zero-order valence-corrected chi connectivity index (χ0v) is 6.83. The lowest BCUT2D eigenvalue weighted by Gasteiger charge is -2.02. The Balaban J connectivity index is 2.47. The largest absolute Gasteiger partial charge is 0.450 e. The molecule has 2 N–H and O–H groups in total. The molecule has 0 aliphatic heterocycles. The molecule has 12 heavy (non-hydrogen) atoms. The Kier molecular flexibility index (Phi) is 3.07. The zero-order valence-electron chi connectivity index (χ0n) is 6.83. The molecule has 64 valence electrons. The Labute approximate surface area is 70.6 Å². The molecule has 0 unspecified atom stereocenters. The highest BCUT2D eigenvalue weighted by molar-refractivity contribution is 5.84. The van der Waals surface area contributed by atoms with Gasteiger partial charge in [0.25, 0.3) is 0 Å². The van der Waals surface area contributed by atoms with Gasteiger partial charge >= 0.3 is 6.09 Å². The predicted molar refractivity (Wildman–Crippen MR) is 43.6 cm³/mol. The maximum atomic E-state index is 10.9. The minimum Gasteiger partial charge on any atom is -0.450 e. The molecule has 1 aromatic heterocycles. The van der Waals surface area contributed by atoms with Gasteiger partial charge in [0.15, 0.2) is 12.4 Å². The molecular weight excluding hydrogens is 156 g/mol. The number of aromatic nitrogens is 1. The van der Waals surface area contributed by atoms with Crippen LogP contribution in [0, 0.1) is 0 Å². The summed E-state index contributed by atoms with van der Waals surface area (Å²) in [4.78, 5) is 13.7. The zero-order chi connectivity index (χ0) is 8.81. The molecule has 1 aromatic rings. The van der Waals surface area contributed by atoms with Crippen molar-refractivity contribution in [3.8, 4) is 0 Å². The number of anilines is 1. The first-order valence-corrected chi connectivity index (χ1v) is 3.73. The number of pyridine rings is 1. The Morgan fingerprint density at radius 2 is 2.25 bits per heavy atom. The number of carbonyl (C=O) groups is 1. The van der Waals surface area contributed by atoms with Gasteiger partial charge in [0.1, 0.15) is 0 Å². The van der Waals surface area contributed by atoms with Crippen LogP contribution in [0.2, 0.25) is 0 Å². The van der Waals surface area contributed by atoms with E-state index in [0.29, 0.717) is 12.3 Å². The molecule has 0 saturated carbocycles. The average Bonchev–Trinajstić information content (AvgIpc) is 2.06. The molecule has 4 heteroatoms. The number of amides is 1. The van der Waals surface area contributed by atoms with Crippen molar-refractivity contribution in [1.82, 2.24) is 0 Å². The summed E-state index contributed by atoms with van der Waals surface area (Å²) in [5.41, 5.74) is 0.715. The van der Waals surface area contributed by atoms with Crippen molar-refractivity contribution in [2.24, 2.45) is 0 Å². The minimum atomic E-state index is -0.427. The summed E-state index contributed by atoms with van der Waals surface area (Å²) >= 11 is 0. The standard InChI is InChI=1S/C8H10N2O2/c1-2-12-8(11)10-7-3-5-9-6-4-7/h3-6H,2H2,1H3,(H,9,10,11)/p+1. The van der Waals surface area contributed by atoms with E-state index >= 15 is 0 Å². The molecule has 0 aliphatic rings. The second kappa shape index (κ2) is 4.33. The van der Waals surface area contributed by atoms with Gasteiger partial charge in [-0.2, -0.15) is 0 Å². The van der Waals surface area contributed by atoms with Crippen molar-refractivity contribution in [1.29, 1.82) is 0 Å². The molecule has 1 amide bonds. The second-order valence-corrected chi connectivity index (χ2v) is 2.13. The third-order valence-electron chi connectivity index (χ3n) is 1.24. The van der Waals surface area contributed by atoms with Gasteiger partial charge in [-0.3, -0.25) is 5.32 Å². The number of rotatable bonds is 2. The van der Waals surface area contributed by atoms with Gasteiger partial charge < -0.3 is 4.74 Å². The van der Waals surface area contributed by atoms with Crippen molar-refractivity contribution < 1.29 is 14.5 Å². The summed E-state index contributed by atoms with van der Waals surface area (Å²) in [5, 5.41) is 2.56. The van der Waals surface area contributed by atoms with Crippen LogP contribution in [0.1, 0.15) is 6.92 Å². The normalized spacial score (nSPS) is 9.08. The Hall–Kier alpha value is -1.58. The fourth-order valence-electron chi connectivity index (χ4n) is 0.755. The van der Waals surface area contributed by atoms with Gasteiger partial charge in [0, 0.05) is 12.1 Å².